The van der Waals surface area contributed by atoms with E-state index >= 15 is 0 Å². The Hall–Kier alpha value is -5.68. The van der Waals surface area contributed by atoms with Crippen molar-refractivity contribution >= 4 is 34.2 Å². The molecule has 3 aliphatic rings. The van der Waals surface area contributed by atoms with Gasteiger partial charge in [0.05, 0.1) is 34.9 Å². The zero-order valence-electron chi connectivity index (χ0n) is 36.8. The first-order valence-electron chi connectivity index (χ1n) is 22.3. The number of furan rings is 1. The number of aliphatic hydroxyl groups is 2. The van der Waals surface area contributed by atoms with Gasteiger partial charge in [-0.15, -0.1) is 0 Å². The topological polar surface area (TPSA) is 103 Å². The molecule has 338 valence electrons. The van der Waals surface area contributed by atoms with Gasteiger partial charge in [-0.2, -0.15) is 13.2 Å². The molecule has 0 aliphatic heterocycles. The number of nitrogens with one attached hydrogen (secondary N) is 1. The Bertz CT molecular complexity index is 2730. The van der Waals surface area contributed by atoms with Crippen molar-refractivity contribution in [2.45, 2.75) is 102 Å². The minimum absolute atomic E-state index is 0.000807. The van der Waals surface area contributed by atoms with Crippen molar-refractivity contribution in [3.8, 4) is 11.3 Å². The van der Waals surface area contributed by atoms with Gasteiger partial charge in [0, 0.05) is 23.1 Å². The monoisotopic (exact) mass is 902 g/mol. The average molecular weight is 903 g/mol. The Labute approximate surface area is 382 Å². The second kappa shape index (κ2) is 18.7. The summed E-state index contributed by atoms with van der Waals surface area (Å²) in [7, 11) is 0. The summed E-state index contributed by atoms with van der Waals surface area (Å²) in [5.74, 6) is -0.945. The van der Waals surface area contributed by atoms with Crippen LogP contribution in [-0.2, 0) is 19.1 Å². The number of fused-ring (bicyclic) bond motifs is 9. The first-order chi connectivity index (χ1) is 31.0. The quantitative estimate of drug-likeness (QED) is 0.0991. The third kappa shape index (κ3) is 9.67. The number of alkyl halides is 3. The number of hydrogen-bond donors (Lipinski definition) is 3. The molecule has 1 fully saturated rings. The van der Waals surface area contributed by atoms with Gasteiger partial charge >= 0.3 is 12.2 Å². The van der Waals surface area contributed by atoms with Crippen molar-refractivity contribution in [2.24, 2.45) is 5.41 Å². The third-order valence-corrected chi connectivity index (χ3v) is 14.3. The van der Waals surface area contributed by atoms with Crippen LogP contribution in [0.1, 0.15) is 115 Å². The summed E-state index contributed by atoms with van der Waals surface area (Å²) in [4.78, 5) is 31.2. The number of benzene rings is 5. The van der Waals surface area contributed by atoms with E-state index < -0.39 is 34.6 Å². The number of carbonyl (C=O) groups excluding carboxylic acids is 2. The highest BCUT2D eigenvalue weighted by Crippen LogP contribution is 2.59. The van der Waals surface area contributed by atoms with Crippen molar-refractivity contribution in [3.63, 3.8) is 0 Å². The maximum absolute atomic E-state index is 14.8. The van der Waals surface area contributed by atoms with Gasteiger partial charge in [0.15, 0.2) is 5.76 Å². The fraction of sp³-hybridized carbons (Fsp3) is 0.333. The van der Waals surface area contributed by atoms with Crippen LogP contribution in [-0.4, -0.2) is 45.2 Å². The largest absolute Gasteiger partial charge is 0.453 e. The number of nitrogens with zero attached hydrogens (tertiary/aromatic N) is 1. The van der Waals surface area contributed by atoms with Crippen LogP contribution < -0.4 is 5.32 Å². The first kappa shape index (κ1) is 45.9. The fourth-order valence-electron chi connectivity index (χ4n) is 10.1. The lowest BCUT2D eigenvalue weighted by atomic mass is 9.64. The maximum atomic E-state index is 14.8. The summed E-state index contributed by atoms with van der Waals surface area (Å²) in [6.07, 6.45) is 0.304. The van der Waals surface area contributed by atoms with E-state index in [0.717, 1.165) is 51.2 Å². The number of amides is 2. The molecule has 0 spiro atoms. The number of aliphatic hydroxyl groups excluding tert-OH is 1. The molecule has 1 saturated carbocycles. The summed E-state index contributed by atoms with van der Waals surface area (Å²) in [6, 6.07) is 34.6. The van der Waals surface area contributed by atoms with E-state index in [1.165, 1.54) is 12.1 Å². The smallest absolute Gasteiger partial charge is 0.416 e. The summed E-state index contributed by atoms with van der Waals surface area (Å²) in [6.45, 7) is 6.29. The van der Waals surface area contributed by atoms with Gasteiger partial charge in [-0.3, -0.25) is 4.79 Å². The number of halogens is 4. The molecule has 3 aliphatic carbocycles. The van der Waals surface area contributed by atoms with Crippen LogP contribution in [0.15, 0.2) is 137 Å². The highest BCUT2D eigenvalue weighted by molar-refractivity contribution is 6.33. The molecule has 5 aromatic carbocycles. The minimum atomic E-state index is -4.62. The Kier molecular flexibility index (Phi) is 13.2. The molecule has 3 N–H and O–H groups in total. The normalized spacial score (nSPS) is 21.9. The van der Waals surface area contributed by atoms with E-state index in [1.807, 2.05) is 91.9 Å². The van der Waals surface area contributed by atoms with Gasteiger partial charge in [-0.05, 0) is 134 Å². The molecule has 2 bridgehead atoms. The lowest BCUT2D eigenvalue weighted by Crippen LogP contribution is -2.55. The lowest BCUT2D eigenvalue weighted by molar-refractivity contribution is -0.137. The molecule has 5 unspecified atom stereocenters. The summed E-state index contributed by atoms with van der Waals surface area (Å²) in [5, 5.41) is 29.8. The van der Waals surface area contributed by atoms with Crippen LogP contribution >= 0.6 is 11.6 Å². The molecule has 65 heavy (non-hydrogen) atoms. The summed E-state index contributed by atoms with van der Waals surface area (Å²) < 4.78 is 47.2. The molecule has 1 aromatic heterocycles. The van der Waals surface area contributed by atoms with Gasteiger partial charge in [-0.25, -0.2) is 4.79 Å². The zero-order valence-corrected chi connectivity index (χ0v) is 37.6. The van der Waals surface area contributed by atoms with E-state index in [4.69, 9.17) is 16.0 Å². The van der Waals surface area contributed by atoms with E-state index in [-0.39, 0.29) is 53.2 Å². The molecule has 1 heterocycles. The highest BCUT2D eigenvalue weighted by Gasteiger charge is 2.58. The summed E-state index contributed by atoms with van der Waals surface area (Å²) >= 11 is 6.38. The van der Waals surface area contributed by atoms with Crippen LogP contribution in [0.5, 0.6) is 0 Å². The maximum Gasteiger partial charge on any atom is 0.416 e. The molecular weight excluding hydrogens is 849 g/mol. The molecule has 2 amide bonds. The number of allylic oxidation sites excluding steroid dienone is 2. The number of rotatable bonds is 9. The van der Waals surface area contributed by atoms with Gasteiger partial charge < -0.3 is 24.8 Å². The van der Waals surface area contributed by atoms with Gasteiger partial charge in [0.25, 0.3) is 0 Å². The Morgan fingerprint density at radius 3 is 2.46 bits per heavy atom. The standard InChI is InChI=1S/C54H54ClF3N2O5/c1-34-11-10-27-52(3)46(26-28-53(52,64)33-60(51(63)59-35(2)37-12-5-4-6-13-37)32-39-16-9-15-38-14-7-8-17-42(38)39)43-22-19-36(29-41(61)21-18-34)30-44(43)50(62)49-25-24-48(65-49)45-31-40(54(56,57)58)20-23-47(45)55/h4-9,11-17,19-20,22-25,30-31,35,41,46,61,64H,10,18,21,26-29,32-33H2,1-3H3,(H,59,63). The Morgan fingerprint density at radius 2 is 1.68 bits per heavy atom. The van der Waals surface area contributed by atoms with E-state index in [2.05, 4.69) is 25.2 Å². The molecular formula is C54H54ClF3N2O5. The fourth-order valence-corrected chi connectivity index (χ4v) is 10.3. The first-order valence-corrected chi connectivity index (χ1v) is 22.7. The van der Waals surface area contributed by atoms with E-state index in [1.54, 1.807) is 11.0 Å². The van der Waals surface area contributed by atoms with Crippen molar-refractivity contribution in [3.05, 3.63) is 177 Å². The van der Waals surface area contributed by atoms with Crippen LogP contribution in [0.25, 0.3) is 22.1 Å². The molecule has 6 aromatic rings. The molecule has 11 heteroatoms. The van der Waals surface area contributed by atoms with Crippen LogP contribution in [0.3, 0.4) is 0 Å². The molecule has 0 radical (unpaired) electrons. The number of carbonyl (C=O) groups is 2. The molecule has 9 rings (SSSR count). The third-order valence-electron chi connectivity index (χ3n) is 13.9. The Morgan fingerprint density at radius 1 is 0.923 bits per heavy atom. The van der Waals surface area contributed by atoms with Crippen molar-refractivity contribution < 1.29 is 37.4 Å². The second-order valence-corrected chi connectivity index (χ2v) is 18.6. The second-order valence-electron chi connectivity index (χ2n) is 18.2. The molecule has 5 atom stereocenters. The predicted molar refractivity (Wildman–Crippen MR) is 249 cm³/mol. The minimum Gasteiger partial charge on any atom is -0.453 e. The van der Waals surface area contributed by atoms with Crippen molar-refractivity contribution in [1.29, 1.82) is 0 Å². The number of ketones is 1. The Balaban J connectivity index is 1.19. The number of hydrogen-bond acceptors (Lipinski definition) is 5. The van der Waals surface area contributed by atoms with Crippen molar-refractivity contribution in [1.82, 2.24) is 10.2 Å². The van der Waals surface area contributed by atoms with E-state index in [0.29, 0.717) is 56.1 Å². The van der Waals surface area contributed by atoms with Crippen molar-refractivity contribution in [2.75, 3.05) is 6.54 Å². The zero-order chi connectivity index (χ0) is 46.1. The van der Waals surface area contributed by atoms with Gasteiger partial charge in [-0.1, -0.05) is 115 Å². The number of urea groups is 1. The van der Waals surface area contributed by atoms with Gasteiger partial charge in [0.2, 0.25) is 5.78 Å². The predicted octanol–water partition coefficient (Wildman–Crippen LogP) is 13.0. The van der Waals surface area contributed by atoms with Crippen LogP contribution in [0.2, 0.25) is 5.02 Å². The van der Waals surface area contributed by atoms with Crippen LogP contribution in [0, 0.1) is 5.41 Å². The van der Waals surface area contributed by atoms with Gasteiger partial charge in [0.1, 0.15) is 5.76 Å². The lowest BCUT2D eigenvalue weighted by Gasteiger charge is -2.46. The summed E-state index contributed by atoms with van der Waals surface area (Å²) in [5.41, 5.74) is 1.53. The molecule has 0 saturated heterocycles. The highest BCUT2D eigenvalue weighted by atomic mass is 35.5. The SMILES string of the molecule is CC1=CCCC2(C)C(CCC2(O)CN(Cc2cccc3ccccc23)C(=O)NC(C)c2ccccc2)c2ccc(cc2C(=O)c2ccc(-c3cc(C(F)(F)F)ccc3Cl)o2)CC(O)CC1. The average Bonchev–Trinajstić information content (AvgIpc) is 3.87. The van der Waals surface area contributed by atoms with Crippen LogP contribution in [0.4, 0.5) is 18.0 Å². The molecule has 7 nitrogen and oxygen atoms in total. The van der Waals surface area contributed by atoms with E-state index in [9.17, 15) is 33.0 Å².